The van der Waals surface area contributed by atoms with Crippen molar-refractivity contribution in [3.63, 3.8) is 0 Å². The summed E-state index contributed by atoms with van der Waals surface area (Å²) < 4.78 is 11.0. The van der Waals surface area contributed by atoms with Crippen molar-refractivity contribution in [3.8, 4) is 5.75 Å². The molecular weight excluding hydrogens is 390 g/mol. The minimum Gasteiger partial charge on any atom is -0.497 e. The second kappa shape index (κ2) is 9.79. The summed E-state index contributed by atoms with van der Waals surface area (Å²) >= 11 is 0. The Morgan fingerprint density at radius 1 is 1.19 bits per heavy atom. The largest absolute Gasteiger partial charge is 0.497 e. The van der Waals surface area contributed by atoms with Crippen molar-refractivity contribution in [1.82, 2.24) is 15.2 Å². The third-order valence-electron chi connectivity index (χ3n) is 5.54. The zero-order chi connectivity index (χ0) is 21.6. The van der Waals surface area contributed by atoms with E-state index in [1.54, 1.807) is 7.11 Å². The van der Waals surface area contributed by atoms with Crippen molar-refractivity contribution in [2.24, 2.45) is 5.92 Å². The number of nitrogens with one attached hydrogen (secondary N) is 1. The number of methoxy groups -OCH3 is 1. The molecule has 1 heterocycles. The lowest BCUT2D eigenvalue weighted by Crippen LogP contribution is -2.27. The molecule has 0 bridgehead atoms. The maximum absolute atomic E-state index is 12.6. The van der Waals surface area contributed by atoms with Crippen LogP contribution in [0.25, 0.3) is 0 Å². The summed E-state index contributed by atoms with van der Waals surface area (Å²) in [4.78, 5) is 19.4. The van der Waals surface area contributed by atoms with Crippen molar-refractivity contribution < 1.29 is 13.9 Å². The lowest BCUT2D eigenvalue weighted by atomic mass is 10.1. The number of hydrogen-bond acceptors (Lipinski definition) is 5. The molecule has 4 rings (SSSR count). The lowest BCUT2D eigenvalue weighted by Gasteiger charge is -2.21. The molecule has 0 aliphatic heterocycles. The van der Waals surface area contributed by atoms with Gasteiger partial charge in [-0.2, -0.15) is 0 Å². The summed E-state index contributed by atoms with van der Waals surface area (Å²) in [5.74, 6) is 1.91. The Morgan fingerprint density at radius 3 is 2.74 bits per heavy atom. The van der Waals surface area contributed by atoms with Gasteiger partial charge in [-0.15, -0.1) is 0 Å². The molecule has 1 saturated carbocycles. The Kier molecular flexibility index (Phi) is 6.67. The van der Waals surface area contributed by atoms with Crippen LogP contribution in [0, 0.1) is 5.92 Å². The summed E-state index contributed by atoms with van der Waals surface area (Å²) in [7, 11) is 1.68. The van der Waals surface area contributed by atoms with Gasteiger partial charge >= 0.3 is 0 Å². The van der Waals surface area contributed by atoms with E-state index in [9.17, 15) is 4.79 Å². The van der Waals surface area contributed by atoms with Crippen molar-refractivity contribution in [2.45, 2.75) is 38.9 Å². The minimum atomic E-state index is -0.229. The van der Waals surface area contributed by atoms with E-state index in [1.807, 2.05) is 49.4 Å². The summed E-state index contributed by atoms with van der Waals surface area (Å²) in [5.41, 5.74) is 2.54. The quantitative estimate of drug-likeness (QED) is 0.521. The molecule has 0 spiro atoms. The number of benzene rings is 2. The summed E-state index contributed by atoms with van der Waals surface area (Å²) in [6.45, 7) is 4.30. The number of oxazole rings is 1. The number of carbonyl (C=O) groups is 1. The van der Waals surface area contributed by atoms with E-state index in [0.29, 0.717) is 18.1 Å². The Balaban J connectivity index is 1.39. The molecular formula is C25H29N3O3. The van der Waals surface area contributed by atoms with Crippen LogP contribution in [0.2, 0.25) is 0 Å². The van der Waals surface area contributed by atoms with Gasteiger partial charge in [0.05, 0.1) is 19.7 Å². The van der Waals surface area contributed by atoms with E-state index < -0.39 is 0 Å². The highest BCUT2D eigenvalue weighted by molar-refractivity contribution is 5.92. The molecule has 2 aromatic carbocycles. The third kappa shape index (κ3) is 5.95. The minimum absolute atomic E-state index is 0.103. The fourth-order valence-electron chi connectivity index (χ4n) is 3.65. The van der Waals surface area contributed by atoms with Gasteiger partial charge in [-0.05, 0) is 48.9 Å². The Hall–Kier alpha value is -3.12. The molecule has 6 heteroatoms. The molecule has 3 aromatic rings. The van der Waals surface area contributed by atoms with Gasteiger partial charge in [0.25, 0.3) is 5.91 Å². The molecule has 1 aromatic heterocycles. The molecule has 1 aliphatic carbocycles. The second-order valence-corrected chi connectivity index (χ2v) is 8.20. The first-order chi connectivity index (χ1) is 15.1. The first-order valence-corrected chi connectivity index (χ1v) is 10.8. The van der Waals surface area contributed by atoms with Crippen LogP contribution in [0.4, 0.5) is 0 Å². The number of nitrogens with zero attached hydrogens (tertiary/aromatic N) is 2. The predicted octanol–water partition coefficient (Wildman–Crippen LogP) is 4.59. The van der Waals surface area contributed by atoms with E-state index in [2.05, 4.69) is 27.3 Å². The zero-order valence-corrected chi connectivity index (χ0v) is 18.1. The molecule has 1 unspecified atom stereocenters. The number of hydrogen-bond donors (Lipinski definition) is 1. The van der Waals surface area contributed by atoms with Crippen LogP contribution in [-0.2, 0) is 13.1 Å². The van der Waals surface area contributed by atoms with Crippen LogP contribution < -0.4 is 10.1 Å². The molecule has 162 valence electrons. The highest BCUT2D eigenvalue weighted by Gasteiger charge is 2.25. The molecule has 1 aliphatic rings. The monoisotopic (exact) mass is 419 g/mol. The van der Waals surface area contributed by atoms with Crippen LogP contribution in [0.15, 0.2) is 65.3 Å². The van der Waals surface area contributed by atoms with Gasteiger partial charge in [0.15, 0.2) is 5.69 Å². The summed E-state index contributed by atoms with van der Waals surface area (Å²) in [5, 5.41) is 2.98. The SMILES string of the molecule is COc1cccc(CN(Cc2nc(C(=O)NC(C)c3ccccc3)co2)CC2CC2)c1. The standard InChI is InChI=1S/C25H29N3O3/c1-18(21-8-4-3-5-9-21)26-25(29)23-17-31-24(27-23)16-28(14-19-11-12-19)15-20-7-6-10-22(13-20)30-2/h3-10,13,17-19H,11-12,14-16H2,1-2H3,(H,26,29). The van der Waals surface area contributed by atoms with Gasteiger partial charge in [0, 0.05) is 13.1 Å². The molecule has 1 amide bonds. The number of ether oxygens (including phenoxy) is 1. The Morgan fingerprint density at radius 2 is 2.00 bits per heavy atom. The van der Waals surface area contributed by atoms with Gasteiger partial charge in [-0.1, -0.05) is 42.5 Å². The number of carbonyl (C=O) groups excluding carboxylic acids is 1. The highest BCUT2D eigenvalue weighted by Crippen LogP contribution is 2.31. The second-order valence-electron chi connectivity index (χ2n) is 8.20. The van der Waals surface area contributed by atoms with E-state index in [0.717, 1.165) is 30.3 Å². The van der Waals surface area contributed by atoms with Gasteiger partial charge in [0.1, 0.15) is 12.0 Å². The van der Waals surface area contributed by atoms with E-state index in [4.69, 9.17) is 9.15 Å². The van der Waals surface area contributed by atoms with E-state index in [-0.39, 0.29) is 11.9 Å². The third-order valence-corrected chi connectivity index (χ3v) is 5.54. The number of amides is 1. The molecule has 0 radical (unpaired) electrons. The van der Waals surface area contributed by atoms with Crippen molar-refractivity contribution in [1.29, 1.82) is 0 Å². The molecule has 31 heavy (non-hydrogen) atoms. The lowest BCUT2D eigenvalue weighted by molar-refractivity contribution is 0.0934. The maximum Gasteiger partial charge on any atom is 0.273 e. The maximum atomic E-state index is 12.6. The number of rotatable bonds is 10. The van der Waals surface area contributed by atoms with Crippen LogP contribution in [0.5, 0.6) is 5.75 Å². The van der Waals surface area contributed by atoms with E-state index >= 15 is 0 Å². The fraction of sp³-hybridized carbons (Fsp3) is 0.360. The summed E-state index contributed by atoms with van der Waals surface area (Å²) in [6, 6.07) is 17.9. The van der Waals surface area contributed by atoms with Crippen LogP contribution in [0.3, 0.4) is 0 Å². The zero-order valence-electron chi connectivity index (χ0n) is 18.1. The summed E-state index contributed by atoms with van der Waals surface area (Å²) in [6.07, 6.45) is 3.99. The van der Waals surface area contributed by atoms with Crippen molar-refractivity contribution in [3.05, 3.63) is 83.6 Å². The fourth-order valence-corrected chi connectivity index (χ4v) is 3.65. The van der Waals surface area contributed by atoms with Crippen molar-refractivity contribution in [2.75, 3.05) is 13.7 Å². The first kappa shape index (κ1) is 21.1. The normalized spacial score (nSPS) is 14.4. The highest BCUT2D eigenvalue weighted by atomic mass is 16.5. The Labute approximate surface area is 183 Å². The molecule has 6 nitrogen and oxygen atoms in total. The average Bonchev–Trinajstić information content (AvgIpc) is 3.48. The average molecular weight is 420 g/mol. The smallest absolute Gasteiger partial charge is 0.273 e. The molecule has 1 atom stereocenters. The topological polar surface area (TPSA) is 67.6 Å². The van der Waals surface area contributed by atoms with Crippen molar-refractivity contribution >= 4 is 5.91 Å². The van der Waals surface area contributed by atoms with Crippen LogP contribution >= 0.6 is 0 Å². The molecule has 0 saturated heterocycles. The van der Waals surface area contributed by atoms with Crippen LogP contribution in [0.1, 0.15) is 53.3 Å². The van der Waals surface area contributed by atoms with Gasteiger partial charge in [0.2, 0.25) is 5.89 Å². The predicted molar refractivity (Wildman–Crippen MR) is 119 cm³/mol. The first-order valence-electron chi connectivity index (χ1n) is 10.8. The van der Waals surface area contributed by atoms with Gasteiger partial charge in [-0.25, -0.2) is 4.98 Å². The Bertz CT molecular complexity index is 998. The molecule has 1 N–H and O–H groups in total. The van der Waals surface area contributed by atoms with Crippen LogP contribution in [-0.4, -0.2) is 29.4 Å². The van der Waals surface area contributed by atoms with Gasteiger partial charge < -0.3 is 14.5 Å². The molecule has 1 fully saturated rings. The van der Waals surface area contributed by atoms with Gasteiger partial charge in [-0.3, -0.25) is 9.69 Å². The van der Waals surface area contributed by atoms with E-state index in [1.165, 1.54) is 24.7 Å². The number of aromatic nitrogens is 1.